The van der Waals surface area contributed by atoms with E-state index in [1.54, 1.807) is 36.4 Å². The fraction of sp³-hybridized carbons (Fsp3) is 0.182. The van der Waals surface area contributed by atoms with Crippen LogP contribution in [0.25, 0.3) is 12.2 Å². The molecule has 4 aromatic rings. The van der Waals surface area contributed by atoms with Gasteiger partial charge in [0, 0.05) is 35.8 Å². The number of pyridine rings is 1. The van der Waals surface area contributed by atoms with E-state index in [-0.39, 0.29) is 12.1 Å². The molecule has 0 aliphatic carbocycles. The van der Waals surface area contributed by atoms with Crippen LogP contribution >= 0.6 is 0 Å². The molecule has 0 amide bonds. The van der Waals surface area contributed by atoms with Crippen LogP contribution < -0.4 is 0 Å². The SMILES string of the molecule is C[C@@H](n1cc(C=Cc2cccnc2)cn1)[C@](O)(Cn1cncn1)c1ccc(F)cc1F. The lowest BCUT2D eigenvalue weighted by atomic mass is 9.86. The summed E-state index contributed by atoms with van der Waals surface area (Å²) in [5, 5.41) is 20.0. The van der Waals surface area contributed by atoms with Gasteiger partial charge in [0.15, 0.2) is 0 Å². The van der Waals surface area contributed by atoms with E-state index < -0.39 is 23.3 Å². The third kappa shape index (κ3) is 4.41. The van der Waals surface area contributed by atoms with E-state index in [0.717, 1.165) is 23.3 Å². The first kappa shape index (κ1) is 20.5. The van der Waals surface area contributed by atoms with Crippen LogP contribution in [0.15, 0.2) is 67.8 Å². The van der Waals surface area contributed by atoms with E-state index in [0.29, 0.717) is 0 Å². The molecule has 0 unspecified atom stereocenters. The Balaban J connectivity index is 1.67. The quantitative estimate of drug-likeness (QED) is 0.493. The first-order chi connectivity index (χ1) is 15.0. The maximum Gasteiger partial charge on any atom is 0.137 e. The molecule has 0 spiro atoms. The van der Waals surface area contributed by atoms with Gasteiger partial charge >= 0.3 is 0 Å². The number of benzene rings is 1. The highest BCUT2D eigenvalue weighted by atomic mass is 19.1. The summed E-state index contributed by atoms with van der Waals surface area (Å²) in [4.78, 5) is 7.94. The molecule has 9 heteroatoms. The first-order valence-electron chi connectivity index (χ1n) is 9.58. The average Bonchev–Trinajstić information content (AvgIpc) is 3.44. The number of halogens is 2. The Labute approximate surface area is 177 Å². The molecule has 0 radical (unpaired) electrons. The second kappa shape index (κ2) is 8.57. The Morgan fingerprint density at radius 3 is 2.65 bits per heavy atom. The molecule has 1 N–H and O–H groups in total. The van der Waals surface area contributed by atoms with Gasteiger partial charge in [0.1, 0.15) is 29.9 Å². The van der Waals surface area contributed by atoms with Crippen molar-refractivity contribution >= 4 is 12.2 Å². The predicted octanol–water partition coefficient (Wildman–Crippen LogP) is 3.47. The van der Waals surface area contributed by atoms with Crippen molar-refractivity contribution in [3.05, 3.63) is 96.1 Å². The summed E-state index contributed by atoms with van der Waals surface area (Å²) in [6.45, 7) is 1.61. The first-order valence-corrected chi connectivity index (χ1v) is 9.58. The molecule has 0 fully saturated rings. The minimum atomic E-state index is -1.78. The van der Waals surface area contributed by atoms with E-state index in [2.05, 4.69) is 20.2 Å². The molecule has 0 saturated carbocycles. The van der Waals surface area contributed by atoms with Crippen LogP contribution in [0.3, 0.4) is 0 Å². The predicted molar refractivity (Wildman–Crippen MR) is 110 cm³/mol. The Hall–Kier alpha value is -3.72. The van der Waals surface area contributed by atoms with Crippen molar-refractivity contribution in [1.82, 2.24) is 29.5 Å². The summed E-state index contributed by atoms with van der Waals surface area (Å²) in [6.07, 6.45) is 13.3. The van der Waals surface area contributed by atoms with Gasteiger partial charge in [-0.2, -0.15) is 10.2 Å². The van der Waals surface area contributed by atoms with Crippen LogP contribution in [0.2, 0.25) is 0 Å². The number of hydrogen-bond donors (Lipinski definition) is 1. The molecule has 0 bridgehead atoms. The van der Waals surface area contributed by atoms with Gasteiger partial charge in [-0.1, -0.05) is 24.3 Å². The molecular weight excluding hydrogens is 402 g/mol. The molecule has 4 rings (SSSR count). The van der Waals surface area contributed by atoms with Crippen molar-refractivity contribution in [3.8, 4) is 0 Å². The highest BCUT2D eigenvalue weighted by Gasteiger charge is 2.40. The number of nitrogens with zero attached hydrogens (tertiary/aromatic N) is 6. The zero-order valence-corrected chi connectivity index (χ0v) is 16.7. The second-order valence-corrected chi connectivity index (χ2v) is 7.19. The molecular formula is C22H20F2N6O. The highest BCUT2D eigenvalue weighted by molar-refractivity contribution is 5.68. The molecule has 0 saturated heterocycles. The smallest absolute Gasteiger partial charge is 0.137 e. The maximum atomic E-state index is 14.7. The molecule has 7 nitrogen and oxygen atoms in total. The number of rotatable bonds is 7. The molecule has 31 heavy (non-hydrogen) atoms. The largest absolute Gasteiger partial charge is 0.381 e. The summed E-state index contributed by atoms with van der Waals surface area (Å²) in [7, 11) is 0. The number of aliphatic hydroxyl groups is 1. The zero-order valence-electron chi connectivity index (χ0n) is 16.7. The summed E-state index contributed by atoms with van der Waals surface area (Å²) in [6, 6.07) is 6.15. The van der Waals surface area contributed by atoms with Crippen molar-refractivity contribution in [3.63, 3.8) is 0 Å². The number of hydrogen-bond acceptors (Lipinski definition) is 5. The lowest BCUT2D eigenvalue weighted by molar-refractivity contribution is -0.0369. The molecule has 0 aliphatic heterocycles. The van der Waals surface area contributed by atoms with Gasteiger partial charge in [0.05, 0.1) is 18.8 Å². The average molecular weight is 422 g/mol. The van der Waals surface area contributed by atoms with Crippen LogP contribution in [0, 0.1) is 11.6 Å². The minimum absolute atomic E-state index is 0.0557. The Kier molecular flexibility index (Phi) is 5.68. The van der Waals surface area contributed by atoms with E-state index in [1.807, 2.05) is 24.3 Å². The van der Waals surface area contributed by atoms with Gasteiger partial charge < -0.3 is 5.11 Å². The van der Waals surface area contributed by atoms with Crippen LogP contribution in [0.4, 0.5) is 8.78 Å². The summed E-state index contributed by atoms with van der Waals surface area (Å²) < 4.78 is 31.1. The summed E-state index contributed by atoms with van der Waals surface area (Å²) in [5.41, 5.74) is -0.112. The van der Waals surface area contributed by atoms with Crippen LogP contribution in [0.5, 0.6) is 0 Å². The van der Waals surface area contributed by atoms with Crippen molar-refractivity contribution < 1.29 is 13.9 Å². The van der Waals surface area contributed by atoms with Gasteiger partial charge in [0.25, 0.3) is 0 Å². The summed E-state index contributed by atoms with van der Waals surface area (Å²) >= 11 is 0. The highest BCUT2D eigenvalue weighted by Crippen LogP contribution is 2.36. The molecule has 3 aromatic heterocycles. The molecule has 1 aromatic carbocycles. The fourth-order valence-electron chi connectivity index (χ4n) is 3.38. The Bertz CT molecular complexity index is 1180. The third-order valence-electron chi connectivity index (χ3n) is 5.13. The monoisotopic (exact) mass is 422 g/mol. The zero-order chi connectivity index (χ0) is 21.8. The van der Waals surface area contributed by atoms with E-state index >= 15 is 0 Å². The van der Waals surface area contributed by atoms with E-state index in [4.69, 9.17) is 0 Å². The van der Waals surface area contributed by atoms with Crippen LogP contribution in [-0.4, -0.2) is 34.6 Å². The minimum Gasteiger partial charge on any atom is -0.381 e. The van der Waals surface area contributed by atoms with Crippen molar-refractivity contribution in [2.24, 2.45) is 0 Å². The Morgan fingerprint density at radius 2 is 1.94 bits per heavy atom. The lowest BCUT2D eigenvalue weighted by Gasteiger charge is -2.34. The Morgan fingerprint density at radius 1 is 1.10 bits per heavy atom. The lowest BCUT2D eigenvalue weighted by Crippen LogP contribution is -2.40. The third-order valence-corrected chi connectivity index (χ3v) is 5.13. The summed E-state index contributed by atoms with van der Waals surface area (Å²) in [5.74, 6) is -1.57. The van der Waals surface area contributed by atoms with Crippen LogP contribution in [0.1, 0.15) is 29.7 Å². The van der Waals surface area contributed by atoms with Crippen molar-refractivity contribution in [2.75, 3.05) is 0 Å². The van der Waals surface area contributed by atoms with Crippen LogP contribution in [-0.2, 0) is 12.1 Å². The second-order valence-electron chi connectivity index (χ2n) is 7.19. The molecule has 158 valence electrons. The van der Waals surface area contributed by atoms with Gasteiger partial charge in [0.2, 0.25) is 0 Å². The van der Waals surface area contributed by atoms with E-state index in [9.17, 15) is 13.9 Å². The maximum absolute atomic E-state index is 14.7. The van der Waals surface area contributed by atoms with Gasteiger partial charge in [-0.3, -0.25) is 9.67 Å². The topological polar surface area (TPSA) is 81.6 Å². The molecule has 0 aliphatic rings. The standard InChI is InChI=1S/C22H20F2N6O/c1-16(30-12-18(11-27-30)5-4-17-3-2-8-25-10-17)22(31,13-29-15-26-14-28-29)20-7-6-19(23)9-21(20)24/h2-12,14-16,31H,13H2,1H3/t16-,22-/m1/s1. The van der Waals surface area contributed by atoms with E-state index in [1.165, 1.54) is 23.4 Å². The van der Waals surface area contributed by atoms with Gasteiger partial charge in [-0.05, 0) is 24.6 Å². The van der Waals surface area contributed by atoms with Gasteiger partial charge in [-0.15, -0.1) is 0 Å². The van der Waals surface area contributed by atoms with Crippen molar-refractivity contribution in [1.29, 1.82) is 0 Å². The number of aromatic nitrogens is 6. The normalized spacial score (nSPS) is 14.6. The molecule has 2 atom stereocenters. The molecule has 3 heterocycles. The van der Waals surface area contributed by atoms with Crippen molar-refractivity contribution in [2.45, 2.75) is 25.1 Å². The fourth-order valence-corrected chi connectivity index (χ4v) is 3.38. The van der Waals surface area contributed by atoms with Gasteiger partial charge in [-0.25, -0.2) is 18.4 Å².